The van der Waals surface area contributed by atoms with Crippen molar-refractivity contribution in [2.45, 2.75) is 13.0 Å². The normalized spacial score (nSPS) is 12.4. The van der Waals surface area contributed by atoms with Gasteiger partial charge < -0.3 is 10.4 Å². The highest BCUT2D eigenvalue weighted by Gasteiger charge is 2.11. The predicted octanol–water partition coefficient (Wildman–Crippen LogP) is 2.44. The number of hydrogen-bond donors (Lipinski definition) is 2. The highest BCUT2D eigenvalue weighted by atomic mass is 19.1. The smallest absolute Gasteiger partial charge is 0.126 e. The van der Waals surface area contributed by atoms with E-state index < -0.39 is 5.82 Å². The third-order valence-electron chi connectivity index (χ3n) is 2.55. The van der Waals surface area contributed by atoms with E-state index in [0.717, 1.165) is 11.8 Å². The fraction of sp³-hybridized carbons (Fsp3) is 0.250. The van der Waals surface area contributed by atoms with E-state index >= 15 is 0 Å². The van der Waals surface area contributed by atoms with Gasteiger partial charge in [0, 0.05) is 24.9 Å². The molecule has 0 aliphatic carbocycles. The number of anilines is 1. The van der Waals surface area contributed by atoms with Crippen molar-refractivity contribution in [2.75, 3.05) is 5.32 Å². The van der Waals surface area contributed by atoms with E-state index in [2.05, 4.69) is 10.4 Å². The van der Waals surface area contributed by atoms with Gasteiger partial charge in [-0.15, -0.1) is 0 Å². The minimum Gasteiger partial charge on any atom is -0.507 e. The lowest BCUT2D eigenvalue weighted by atomic mass is 10.1. The number of aromatic hydroxyl groups is 1. The quantitative estimate of drug-likeness (QED) is 0.859. The molecule has 2 aromatic rings. The van der Waals surface area contributed by atoms with Crippen LogP contribution in [-0.2, 0) is 7.05 Å². The maximum Gasteiger partial charge on any atom is 0.126 e. The van der Waals surface area contributed by atoms with Gasteiger partial charge in [-0.25, -0.2) is 4.39 Å². The van der Waals surface area contributed by atoms with E-state index in [1.165, 1.54) is 6.07 Å². The summed E-state index contributed by atoms with van der Waals surface area (Å²) >= 11 is 0. The Balaban J connectivity index is 2.17. The van der Waals surface area contributed by atoms with Gasteiger partial charge in [0.05, 0.1) is 17.9 Å². The highest BCUT2D eigenvalue weighted by molar-refractivity contribution is 5.44. The number of benzene rings is 1. The summed E-state index contributed by atoms with van der Waals surface area (Å²) in [5.74, 6) is -0.492. The van der Waals surface area contributed by atoms with Crippen molar-refractivity contribution >= 4 is 5.69 Å². The van der Waals surface area contributed by atoms with Crippen molar-refractivity contribution < 1.29 is 9.50 Å². The zero-order valence-electron chi connectivity index (χ0n) is 9.68. The molecular weight excluding hydrogens is 221 g/mol. The first-order valence-corrected chi connectivity index (χ1v) is 5.30. The Morgan fingerprint density at radius 2 is 2.24 bits per heavy atom. The van der Waals surface area contributed by atoms with E-state index in [9.17, 15) is 9.50 Å². The van der Waals surface area contributed by atoms with Gasteiger partial charge in [-0.2, -0.15) is 5.10 Å². The van der Waals surface area contributed by atoms with Crippen LogP contribution in [0.3, 0.4) is 0 Å². The maximum atomic E-state index is 12.8. The molecule has 1 heterocycles. The van der Waals surface area contributed by atoms with Gasteiger partial charge in [-0.1, -0.05) is 6.07 Å². The molecule has 4 nitrogen and oxygen atoms in total. The second-order valence-electron chi connectivity index (χ2n) is 3.97. The summed E-state index contributed by atoms with van der Waals surface area (Å²) in [6.45, 7) is 1.89. The maximum absolute atomic E-state index is 12.8. The van der Waals surface area contributed by atoms with Crippen molar-refractivity contribution in [3.8, 4) is 5.75 Å². The lowest BCUT2D eigenvalue weighted by Crippen LogP contribution is -2.06. The molecule has 1 unspecified atom stereocenters. The Morgan fingerprint density at radius 1 is 1.47 bits per heavy atom. The molecule has 0 saturated heterocycles. The average molecular weight is 235 g/mol. The fourth-order valence-corrected chi connectivity index (χ4v) is 1.71. The first kappa shape index (κ1) is 11.4. The molecule has 0 saturated carbocycles. The number of aromatic nitrogens is 2. The van der Waals surface area contributed by atoms with Crippen LogP contribution in [0.25, 0.3) is 0 Å². The van der Waals surface area contributed by atoms with Crippen molar-refractivity contribution in [1.82, 2.24) is 9.78 Å². The average Bonchev–Trinajstić information content (AvgIpc) is 2.63. The zero-order chi connectivity index (χ0) is 12.4. The van der Waals surface area contributed by atoms with Gasteiger partial charge in [0.1, 0.15) is 11.6 Å². The summed E-state index contributed by atoms with van der Waals surface area (Å²) in [5.41, 5.74) is 1.50. The topological polar surface area (TPSA) is 50.1 Å². The molecule has 90 valence electrons. The fourth-order valence-electron chi connectivity index (χ4n) is 1.71. The summed E-state index contributed by atoms with van der Waals surface area (Å²) in [7, 11) is 1.82. The van der Waals surface area contributed by atoms with Crippen LogP contribution in [-0.4, -0.2) is 14.9 Å². The van der Waals surface area contributed by atoms with E-state index in [0.29, 0.717) is 5.56 Å². The van der Waals surface area contributed by atoms with Crippen LogP contribution in [0.5, 0.6) is 5.75 Å². The largest absolute Gasteiger partial charge is 0.507 e. The molecule has 5 heteroatoms. The van der Waals surface area contributed by atoms with E-state index in [1.54, 1.807) is 16.9 Å². The summed E-state index contributed by atoms with van der Waals surface area (Å²) < 4.78 is 14.5. The first-order chi connectivity index (χ1) is 8.06. The minimum absolute atomic E-state index is 0.0473. The molecule has 1 aromatic heterocycles. The first-order valence-electron chi connectivity index (χ1n) is 5.30. The van der Waals surface area contributed by atoms with Crippen LogP contribution in [0.2, 0.25) is 0 Å². The standard InChI is InChI=1S/C12H14FN3O/c1-8(15-10-6-14-16(2)7-10)11-4-3-9(13)5-12(11)17/h3-8,15,17H,1-2H3. The van der Waals surface area contributed by atoms with E-state index in [-0.39, 0.29) is 11.8 Å². The summed E-state index contributed by atoms with van der Waals surface area (Å²) in [6, 6.07) is 3.88. The second kappa shape index (κ2) is 4.45. The Bertz CT molecular complexity index is 524. The van der Waals surface area contributed by atoms with Crippen molar-refractivity contribution in [3.05, 3.63) is 42.0 Å². The minimum atomic E-state index is -0.445. The van der Waals surface area contributed by atoms with E-state index in [1.807, 2.05) is 20.2 Å². The molecule has 0 fully saturated rings. The molecule has 2 N–H and O–H groups in total. The SMILES string of the molecule is CC(Nc1cnn(C)c1)c1ccc(F)cc1O. The Kier molecular flexibility index (Phi) is 2.99. The Labute approximate surface area is 98.7 Å². The molecule has 0 bridgehead atoms. The summed E-state index contributed by atoms with van der Waals surface area (Å²) in [5, 5.41) is 16.8. The zero-order valence-corrected chi connectivity index (χ0v) is 9.68. The van der Waals surface area contributed by atoms with Crippen molar-refractivity contribution in [2.24, 2.45) is 7.05 Å². The van der Waals surface area contributed by atoms with Crippen molar-refractivity contribution in [3.63, 3.8) is 0 Å². The molecule has 1 atom stereocenters. The number of phenolic OH excluding ortho intramolecular Hbond substituents is 1. The number of halogens is 1. The van der Waals surface area contributed by atoms with Crippen LogP contribution in [0.4, 0.5) is 10.1 Å². The molecule has 17 heavy (non-hydrogen) atoms. The van der Waals surface area contributed by atoms with Crippen LogP contribution in [0.15, 0.2) is 30.6 Å². The van der Waals surface area contributed by atoms with Crippen molar-refractivity contribution in [1.29, 1.82) is 0 Å². The molecule has 2 rings (SSSR count). The molecule has 1 aromatic carbocycles. The number of phenols is 1. The van der Waals surface area contributed by atoms with Crippen LogP contribution in [0.1, 0.15) is 18.5 Å². The monoisotopic (exact) mass is 235 g/mol. The van der Waals surface area contributed by atoms with Gasteiger partial charge >= 0.3 is 0 Å². The Hall–Kier alpha value is -2.04. The third kappa shape index (κ3) is 2.55. The highest BCUT2D eigenvalue weighted by Crippen LogP contribution is 2.27. The molecular formula is C12H14FN3O. The van der Waals surface area contributed by atoms with Crippen LogP contribution in [0, 0.1) is 5.82 Å². The number of nitrogens with zero attached hydrogens (tertiary/aromatic N) is 2. The molecule has 0 spiro atoms. The molecule has 0 radical (unpaired) electrons. The molecule has 0 aliphatic heterocycles. The number of aryl methyl sites for hydroxylation is 1. The van der Waals surface area contributed by atoms with Gasteiger partial charge in [0.25, 0.3) is 0 Å². The van der Waals surface area contributed by atoms with Gasteiger partial charge in [0.2, 0.25) is 0 Å². The third-order valence-corrected chi connectivity index (χ3v) is 2.55. The summed E-state index contributed by atoms with van der Waals surface area (Å²) in [6.07, 6.45) is 3.52. The van der Waals surface area contributed by atoms with Gasteiger partial charge in [0.15, 0.2) is 0 Å². The number of hydrogen-bond acceptors (Lipinski definition) is 3. The Morgan fingerprint density at radius 3 is 2.82 bits per heavy atom. The summed E-state index contributed by atoms with van der Waals surface area (Å²) in [4.78, 5) is 0. The number of rotatable bonds is 3. The lowest BCUT2D eigenvalue weighted by Gasteiger charge is -2.15. The van der Waals surface area contributed by atoms with Crippen LogP contribution < -0.4 is 5.32 Å². The van der Waals surface area contributed by atoms with Crippen LogP contribution >= 0.6 is 0 Å². The predicted molar refractivity (Wildman–Crippen MR) is 63.3 cm³/mol. The number of nitrogens with one attached hydrogen (secondary N) is 1. The lowest BCUT2D eigenvalue weighted by molar-refractivity contribution is 0.459. The van der Waals surface area contributed by atoms with Gasteiger partial charge in [-0.05, 0) is 13.0 Å². The second-order valence-corrected chi connectivity index (χ2v) is 3.97. The van der Waals surface area contributed by atoms with E-state index in [4.69, 9.17) is 0 Å². The molecule has 0 aliphatic rings. The molecule has 0 amide bonds. The van der Waals surface area contributed by atoms with Gasteiger partial charge in [-0.3, -0.25) is 4.68 Å².